The topological polar surface area (TPSA) is 66.5 Å². The molecule has 0 saturated heterocycles. The van der Waals surface area contributed by atoms with Gasteiger partial charge in [-0.25, -0.2) is 12.8 Å². The zero-order valence-corrected chi connectivity index (χ0v) is 23.4. The van der Waals surface area contributed by atoms with E-state index in [0.29, 0.717) is 11.4 Å². The van der Waals surface area contributed by atoms with Crippen molar-refractivity contribution in [2.45, 2.75) is 37.6 Å². The summed E-state index contributed by atoms with van der Waals surface area (Å²) in [5, 5.41) is 3.32. The predicted octanol–water partition coefficient (Wildman–Crippen LogP) is 7.69. The highest BCUT2D eigenvalue weighted by atomic mass is 35.5. The number of hydrogen-bond acceptors (Lipinski definition) is 3. The van der Waals surface area contributed by atoms with Gasteiger partial charge in [-0.2, -0.15) is 0 Å². The minimum absolute atomic E-state index is 0. The Morgan fingerprint density at radius 3 is 1.93 bits per heavy atom. The molecule has 0 aliphatic heterocycles. The van der Waals surface area contributed by atoms with Crippen molar-refractivity contribution in [2.24, 2.45) is 0 Å². The Balaban J connectivity index is 0.00000441. The predicted molar refractivity (Wildman–Crippen MR) is 161 cm³/mol. The lowest BCUT2D eigenvalue weighted by Crippen LogP contribution is -2.48. The Bertz CT molecular complexity index is 1480. The molecule has 0 spiro atoms. The third-order valence-electron chi connectivity index (χ3n) is 6.38. The summed E-state index contributed by atoms with van der Waals surface area (Å²) in [6, 6.07) is 27.6. The average Bonchev–Trinajstić information content (AvgIpc) is 2.94. The largest absolute Gasteiger partial charge is 0.354 e. The molecule has 0 aliphatic rings. The lowest BCUT2D eigenvalue weighted by atomic mass is 9.88. The van der Waals surface area contributed by atoms with Crippen LogP contribution in [-0.4, -0.2) is 26.9 Å². The molecule has 4 rings (SSSR count). The van der Waals surface area contributed by atoms with Crippen LogP contribution < -0.4 is 9.62 Å². The number of anilines is 1. The second-order valence-electron chi connectivity index (χ2n) is 8.98. The molecule has 0 aromatic heterocycles. The van der Waals surface area contributed by atoms with Gasteiger partial charge < -0.3 is 5.32 Å². The quantitative estimate of drug-likeness (QED) is 0.203. The Morgan fingerprint density at radius 1 is 0.850 bits per heavy atom. The number of nitrogens with one attached hydrogen (secondary N) is 1. The van der Waals surface area contributed by atoms with Crippen LogP contribution in [0.4, 0.5) is 10.1 Å². The molecule has 0 saturated carbocycles. The van der Waals surface area contributed by atoms with Crippen LogP contribution in [0.2, 0.25) is 10.0 Å². The summed E-state index contributed by atoms with van der Waals surface area (Å²) >= 11 is 12.0. The normalized spacial score (nSPS) is 11.9. The number of carbonyl (C=O) groups excluding carboxylic acids is 1. The first-order valence-electron chi connectivity index (χ1n) is 12.3. The second kappa shape index (κ2) is 13.8. The van der Waals surface area contributed by atoms with E-state index in [0.717, 1.165) is 21.5 Å². The summed E-state index contributed by atoms with van der Waals surface area (Å²) in [7, 11) is -4.37. The van der Waals surface area contributed by atoms with Crippen LogP contribution in [0.25, 0.3) is 0 Å². The SMILES string of the molecule is C.C[C@H](C(=O)NCCC(c1ccccc1)c1ccccc1)N(c1cc(Cl)ccc1F)S(=O)(=O)c1ccc(Cl)cc1. The third kappa shape index (κ3) is 7.22. The highest BCUT2D eigenvalue weighted by molar-refractivity contribution is 7.93. The number of hydrogen-bond donors (Lipinski definition) is 1. The van der Waals surface area contributed by atoms with Gasteiger partial charge in [-0.15, -0.1) is 0 Å². The number of sulfonamides is 1. The molecule has 0 bridgehead atoms. The van der Waals surface area contributed by atoms with Gasteiger partial charge in [0.15, 0.2) is 0 Å². The van der Waals surface area contributed by atoms with Crippen molar-refractivity contribution in [2.75, 3.05) is 10.8 Å². The lowest BCUT2D eigenvalue weighted by Gasteiger charge is -2.30. The highest BCUT2D eigenvalue weighted by Crippen LogP contribution is 2.32. The first-order chi connectivity index (χ1) is 18.7. The molecule has 0 heterocycles. The van der Waals surface area contributed by atoms with Gasteiger partial charge in [0, 0.05) is 22.5 Å². The van der Waals surface area contributed by atoms with Crippen molar-refractivity contribution in [3.05, 3.63) is 130 Å². The Kier molecular flexibility index (Phi) is 10.7. The minimum atomic E-state index is -4.37. The molecule has 9 heteroatoms. The summed E-state index contributed by atoms with van der Waals surface area (Å²) in [5.41, 5.74) is 1.87. The number of carbonyl (C=O) groups is 1. The zero-order chi connectivity index (χ0) is 28.0. The smallest absolute Gasteiger partial charge is 0.265 e. The van der Waals surface area contributed by atoms with Crippen LogP contribution >= 0.6 is 23.2 Å². The van der Waals surface area contributed by atoms with Gasteiger partial charge in [-0.05, 0) is 66.9 Å². The van der Waals surface area contributed by atoms with Gasteiger partial charge in [0.05, 0.1) is 10.6 Å². The second-order valence-corrected chi connectivity index (χ2v) is 11.7. The van der Waals surface area contributed by atoms with E-state index in [1.54, 1.807) is 0 Å². The summed E-state index contributed by atoms with van der Waals surface area (Å²) in [6.07, 6.45) is 0.571. The maximum atomic E-state index is 15.0. The standard InChI is InChI=1S/C30H27Cl2FN2O3S.CH4/c1-21(30(36)34-19-18-27(22-8-4-2-5-9-22)23-10-6-3-7-11-23)35(29-20-25(32)14-17-28(29)33)39(37,38)26-15-12-24(31)13-16-26;/h2-17,20-21,27H,18-19H2,1H3,(H,34,36);1H4/t21-;/m1./s1. The van der Waals surface area contributed by atoms with Crippen LogP contribution in [-0.2, 0) is 14.8 Å². The monoisotopic (exact) mass is 600 g/mol. The van der Waals surface area contributed by atoms with E-state index < -0.39 is 27.8 Å². The summed E-state index contributed by atoms with van der Waals surface area (Å²) < 4.78 is 43.1. The Hall–Kier alpha value is -3.39. The van der Waals surface area contributed by atoms with Crippen LogP contribution in [0, 0.1) is 5.82 Å². The first-order valence-corrected chi connectivity index (χ1v) is 14.5. The number of rotatable bonds is 10. The van der Waals surface area contributed by atoms with Crippen LogP contribution in [0.5, 0.6) is 0 Å². The lowest BCUT2D eigenvalue weighted by molar-refractivity contribution is -0.121. The van der Waals surface area contributed by atoms with Crippen molar-refractivity contribution in [3.8, 4) is 0 Å². The number of amides is 1. The molecule has 0 radical (unpaired) electrons. The minimum Gasteiger partial charge on any atom is -0.354 e. The molecular weight excluding hydrogens is 570 g/mol. The average molecular weight is 602 g/mol. The molecule has 40 heavy (non-hydrogen) atoms. The van der Waals surface area contributed by atoms with Crippen molar-refractivity contribution < 1.29 is 17.6 Å². The van der Waals surface area contributed by atoms with Crippen molar-refractivity contribution >= 4 is 44.8 Å². The number of nitrogens with zero attached hydrogens (tertiary/aromatic N) is 1. The van der Waals surface area contributed by atoms with Crippen LogP contribution in [0.1, 0.15) is 37.8 Å². The molecule has 0 fully saturated rings. The fraction of sp³-hybridized carbons (Fsp3) is 0.194. The fourth-order valence-electron chi connectivity index (χ4n) is 4.41. The zero-order valence-electron chi connectivity index (χ0n) is 21.1. The molecular formula is C31H31Cl2FN2O3S. The van der Waals surface area contributed by atoms with Gasteiger partial charge >= 0.3 is 0 Å². The molecule has 1 N–H and O–H groups in total. The van der Waals surface area contributed by atoms with Gasteiger partial charge in [0.25, 0.3) is 10.0 Å². The number of halogens is 3. The van der Waals surface area contributed by atoms with Crippen molar-refractivity contribution in [1.29, 1.82) is 0 Å². The van der Waals surface area contributed by atoms with Gasteiger partial charge in [0.1, 0.15) is 11.9 Å². The molecule has 0 aliphatic carbocycles. The van der Waals surface area contributed by atoms with E-state index >= 15 is 0 Å². The van der Waals surface area contributed by atoms with Gasteiger partial charge in [0.2, 0.25) is 5.91 Å². The molecule has 4 aromatic rings. The van der Waals surface area contributed by atoms with Crippen LogP contribution in [0.15, 0.2) is 108 Å². The van der Waals surface area contributed by atoms with Crippen LogP contribution in [0.3, 0.4) is 0 Å². The van der Waals surface area contributed by atoms with E-state index in [4.69, 9.17) is 23.2 Å². The first kappa shape index (κ1) is 31.1. The van der Waals surface area contributed by atoms with Gasteiger partial charge in [-0.3, -0.25) is 9.10 Å². The Morgan fingerprint density at radius 2 is 1.38 bits per heavy atom. The van der Waals surface area contributed by atoms with E-state index in [-0.39, 0.29) is 35.5 Å². The molecule has 210 valence electrons. The van der Waals surface area contributed by atoms with E-state index in [2.05, 4.69) is 5.32 Å². The number of benzene rings is 4. The van der Waals surface area contributed by atoms with E-state index in [9.17, 15) is 17.6 Å². The molecule has 5 nitrogen and oxygen atoms in total. The highest BCUT2D eigenvalue weighted by Gasteiger charge is 2.35. The van der Waals surface area contributed by atoms with Gasteiger partial charge in [-0.1, -0.05) is 91.3 Å². The third-order valence-corrected chi connectivity index (χ3v) is 8.77. The fourth-order valence-corrected chi connectivity index (χ4v) is 6.32. The maximum Gasteiger partial charge on any atom is 0.265 e. The van der Waals surface area contributed by atoms with E-state index in [1.165, 1.54) is 43.3 Å². The molecule has 0 unspecified atom stereocenters. The summed E-state index contributed by atoms with van der Waals surface area (Å²) in [5.74, 6) is -1.39. The summed E-state index contributed by atoms with van der Waals surface area (Å²) in [6.45, 7) is 1.68. The Labute approximate surface area is 245 Å². The maximum absolute atomic E-state index is 15.0. The van der Waals surface area contributed by atoms with E-state index in [1.807, 2.05) is 60.7 Å². The summed E-state index contributed by atoms with van der Waals surface area (Å²) in [4.78, 5) is 13.2. The molecule has 1 amide bonds. The molecule has 4 aromatic carbocycles. The van der Waals surface area contributed by atoms with Crippen molar-refractivity contribution in [1.82, 2.24) is 5.32 Å². The van der Waals surface area contributed by atoms with Crippen molar-refractivity contribution in [3.63, 3.8) is 0 Å². The molecule has 1 atom stereocenters.